The lowest BCUT2D eigenvalue weighted by atomic mass is 9.84. The minimum absolute atomic E-state index is 0.0155. The summed E-state index contributed by atoms with van der Waals surface area (Å²) in [6.07, 6.45) is 5.10. The van der Waals surface area contributed by atoms with E-state index in [4.69, 9.17) is 0 Å². The van der Waals surface area contributed by atoms with Gasteiger partial charge in [0.25, 0.3) is 0 Å². The lowest BCUT2D eigenvalue weighted by Crippen LogP contribution is -2.40. The molecule has 1 N–H and O–H groups in total. The maximum atomic E-state index is 12.7. The summed E-state index contributed by atoms with van der Waals surface area (Å²) in [4.78, 5) is 0.367. The quantitative estimate of drug-likeness (QED) is 0.923. The molecule has 4 atom stereocenters. The van der Waals surface area contributed by atoms with Crippen molar-refractivity contribution in [3.05, 3.63) is 42.5 Å². The average Bonchev–Trinajstić information content (AvgIpc) is 3.17. The van der Waals surface area contributed by atoms with Crippen molar-refractivity contribution in [3.63, 3.8) is 0 Å². The van der Waals surface area contributed by atoms with Crippen molar-refractivity contribution in [2.75, 3.05) is 0 Å². The number of benzene rings is 2. The molecule has 2 aliphatic carbocycles. The summed E-state index contributed by atoms with van der Waals surface area (Å²) in [5.41, 5.74) is 0. The van der Waals surface area contributed by atoms with Crippen LogP contribution in [0.15, 0.2) is 47.4 Å². The van der Waals surface area contributed by atoms with Crippen LogP contribution < -0.4 is 4.72 Å². The van der Waals surface area contributed by atoms with Crippen LogP contribution in [0.3, 0.4) is 0 Å². The zero-order valence-electron chi connectivity index (χ0n) is 13.4. The molecule has 0 amide bonds. The van der Waals surface area contributed by atoms with Crippen LogP contribution in [0.25, 0.3) is 10.8 Å². The number of nitrogens with one attached hydrogen (secondary N) is 1. The lowest BCUT2D eigenvalue weighted by molar-refractivity contribution is 0.280. The van der Waals surface area contributed by atoms with E-state index in [1.807, 2.05) is 37.3 Å². The van der Waals surface area contributed by atoms with Gasteiger partial charge >= 0.3 is 0 Å². The van der Waals surface area contributed by atoms with Gasteiger partial charge in [0.2, 0.25) is 10.0 Å². The van der Waals surface area contributed by atoms with Crippen LogP contribution in [0.5, 0.6) is 0 Å². The first-order chi connectivity index (χ1) is 11.0. The molecule has 4 heteroatoms. The highest BCUT2D eigenvalue weighted by atomic mass is 32.2. The summed E-state index contributed by atoms with van der Waals surface area (Å²) in [6, 6.07) is 13.2. The largest absolute Gasteiger partial charge is 0.240 e. The summed E-state index contributed by atoms with van der Waals surface area (Å²) in [5.74, 6) is 2.05. The van der Waals surface area contributed by atoms with Gasteiger partial charge in [0, 0.05) is 6.04 Å². The van der Waals surface area contributed by atoms with Crippen LogP contribution >= 0.6 is 0 Å². The van der Waals surface area contributed by atoms with Gasteiger partial charge in [-0.15, -0.1) is 0 Å². The molecule has 2 aromatic rings. The molecule has 0 aromatic heterocycles. The molecule has 2 fully saturated rings. The van der Waals surface area contributed by atoms with Crippen LogP contribution in [0.2, 0.25) is 0 Å². The molecule has 2 bridgehead atoms. The third-order valence-corrected chi connectivity index (χ3v) is 7.36. The third-order valence-electron chi connectivity index (χ3n) is 5.81. The summed E-state index contributed by atoms with van der Waals surface area (Å²) in [5, 5.41) is 2.02. The molecule has 0 heterocycles. The smallest absolute Gasteiger partial charge is 0.208 e. The van der Waals surface area contributed by atoms with Crippen molar-refractivity contribution in [3.8, 4) is 0 Å². The first-order valence-electron chi connectivity index (χ1n) is 8.54. The predicted octanol–water partition coefficient (Wildman–Crippen LogP) is 3.94. The van der Waals surface area contributed by atoms with Gasteiger partial charge < -0.3 is 0 Å². The van der Waals surface area contributed by atoms with Gasteiger partial charge in [-0.2, -0.15) is 0 Å². The average molecular weight is 329 g/mol. The first kappa shape index (κ1) is 15.2. The second-order valence-electron chi connectivity index (χ2n) is 7.26. The van der Waals surface area contributed by atoms with Crippen LogP contribution in [0.4, 0.5) is 0 Å². The summed E-state index contributed by atoms with van der Waals surface area (Å²) >= 11 is 0. The molecule has 23 heavy (non-hydrogen) atoms. The minimum atomic E-state index is -3.46. The van der Waals surface area contributed by atoms with Crippen molar-refractivity contribution >= 4 is 20.8 Å². The first-order valence-corrected chi connectivity index (χ1v) is 10.0. The van der Waals surface area contributed by atoms with Gasteiger partial charge in [-0.05, 0) is 66.8 Å². The van der Waals surface area contributed by atoms with Gasteiger partial charge in [0.15, 0.2) is 0 Å². The molecular weight excluding hydrogens is 306 g/mol. The summed E-state index contributed by atoms with van der Waals surface area (Å²) in [7, 11) is -3.46. The Kier molecular flexibility index (Phi) is 3.69. The van der Waals surface area contributed by atoms with Crippen LogP contribution in [0, 0.1) is 17.8 Å². The Morgan fingerprint density at radius 3 is 2.52 bits per heavy atom. The van der Waals surface area contributed by atoms with Crippen molar-refractivity contribution in [2.45, 2.75) is 43.5 Å². The predicted molar refractivity (Wildman–Crippen MR) is 92.7 cm³/mol. The van der Waals surface area contributed by atoms with E-state index in [-0.39, 0.29) is 6.04 Å². The fourth-order valence-corrected chi connectivity index (χ4v) is 5.97. The van der Waals surface area contributed by atoms with Crippen LogP contribution in [-0.4, -0.2) is 14.5 Å². The molecular formula is C19H23NO2S. The molecule has 0 spiro atoms. The van der Waals surface area contributed by atoms with Gasteiger partial charge in [-0.25, -0.2) is 13.1 Å². The molecule has 3 nitrogen and oxygen atoms in total. The molecule has 2 aromatic carbocycles. The number of hydrogen-bond acceptors (Lipinski definition) is 2. The van der Waals surface area contributed by atoms with E-state index in [1.54, 1.807) is 12.1 Å². The van der Waals surface area contributed by atoms with E-state index in [0.29, 0.717) is 16.7 Å². The monoisotopic (exact) mass is 329 g/mol. The van der Waals surface area contributed by atoms with Crippen LogP contribution in [0.1, 0.15) is 32.6 Å². The van der Waals surface area contributed by atoms with Crippen molar-refractivity contribution in [1.82, 2.24) is 4.72 Å². The molecule has 0 unspecified atom stereocenters. The van der Waals surface area contributed by atoms with Gasteiger partial charge in [-0.3, -0.25) is 0 Å². The molecule has 0 radical (unpaired) electrons. The second-order valence-corrected chi connectivity index (χ2v) is 8.97. The lowest BCUT2D eigenvalue weighted by Gasteiger charge is -2.28. The maximum absolute atomic E-state index is 12.7. The third kappa shape index (κ3) is 2.79. The van der Waals surface area contributed by atoms with E-state index in [2.05, 4.69) is 4.72 Å². The normalized spacial score (nSPS) is 28.3. The van der Waals surface area contributed by atoms with Gasteiger partial charge in [-0.1, -0.05) is 36.8 Å². The Morgan fingerprint density at radius 1 is 1.04 bits per heavy atom. The zero-order chi connectivity index (χ0) is 16.0. The minimum Gasteiger partial charge on any atom is -0.208 e. The van der Waals surface area contributed by atoms with Crippen molar-refractivity contribution in [2.24, 2.45) is 17.8 Å². The number of hydrogen-bond donors (Lipinski definition) is 1. The summed E-state index contributed by atoms with van der Waals surface area (Å²) in [6.45, 7) is 2.03. The number of rotatable bonds is 4. The molecule has 2 aliphatic rings. The van der Waals surface area contributed by atoms with Crippen molar-refractivity contribution in [1.29, 1.82) is 0 Å². The van der Waals surface area contributed by atoms with E-state index < -0.39 is 10.0 Å². The molecule has 0 saturated heterocycles. The Morgan fingerprint density at radius 2 is 1.83 bits per heavy atom. The van der Waals surface area contributed by atoms with Crippen molar-refractivity contribution < 1.29 is 8.42 Å². The highest BCUT2D eigenvalue weighted by molar-refractivity contribution is 7.89. The standard InChI is InChI=1S/C19H23NO2S/c1-13(19-11-14-6-7-17(19)10-14)20-23(21,22)18-9-8-15-4-2-3-5-16(15)12-18/h2-5,8-9,12-14,17,19-20H,6-7,10-11H2,1H3/t13-,14+,17+,19+/m1/s1. The Bertz CT molecular complexity index is 830. The highest BCUT2D eigenvalue weighted by Gasteiger charge is 2.42. The van der Waals surface area contributed by atoms with Gasteiger partial charge in [0.1, 0.15) is 0 Å². The Hall–Kier alpha value is -1.39. The van der Waals surface area contributed by atoms with E-state index in [9.17, 15) is 8.42 Å². The number of fused-ring (bicyclic) bond motifs is 3. The molecule has 4 rings (SSSR count). The molecule has 122 valence electrons. The zero-order valence-corrected chi connectivity index (χ0v) is 14.2. The van der Waals surface area contributed by atoms with Gasteiger partial charge in [0.05, 0.1) is 4.90 Å². The fourth-order valence-electron chi connectivity index (χ4n) is 4.64. The highest BCUT2D eigenvalue weighted by Crippen LogP contribution is 2.49. The fraction of sp³-hybridized carbons (Fsp3) is 0.474. The SMILES string of the molecule is C[C@@H](NS(=O)(=O)c1ccc2ccccc2c1)[C@@H]1C[C@H]2CC[C@H]1C2. The molecule has 2 saturated carbocycles. The van der Waals surface area contributed by atoms with E-state index in [1.165, 1.54) is 25.7 Å². The number of sulfonamides is 1. The van der Waals surface area contributed by atoms with E-state index >= 15 is 0 Å². The Labute approximate surface area is 138 Å². The Balaban J connectivity index is 1.56. The second kappa shape index (κ2) is 5.60. The maximum Gasteiger partial charge on any atom is 0.240 e. The van der Waals surface area contributed by atoms with Crippen LogP contribution in [-0.2, 0) is 10.0 Å². The summed E-state index contributed by atoms with van der Waals surface area (Å²) < 4.78 is 28.4. The molecule has 0 aliphatic heterocycles. The topological polar surface area (TPSA) is 46.2 Å². The van der Waals surface area contributed by atoms with E-state index in [0.717, 1.165) is 16.7 Å².